The molecule has 146 valence electrons. The summed E-state index contributed by atoms with van der Waals surface area (Å²) in [7, 11) is 0. The van der Waals surface area contributed by atoms with Crippen molar-refractivity contribution in [2.75, 3.05) is 0 Å². The van der Waals surface area contributed by atoms with Gasteiger partial charge in [0.05, 0.1) is 11.1 Å². The van der Waals surface area contributed by atoms with Gasteiger partial charge in [0.25, 0.3) is 5.91 Å². The Hall–Kier alpha value is -1.89. The monoisotopic (exact) mass is 396 g/mol. The highest BCUT2D eigenvalue weighted by Crippen LogP contribution is 2.34. The number of hydrogen-bond acceptors (Lipinski definition) is 2. The topological polar surface area (TPSA) is 34.4 Å². The van der Waals surface area contributed by atoms with Crippen molar-refractivity contribution >= 4 is 17.2 Å². The van der Waals surface area contributed by atoms with E-state index in [-0.39, 0.29) is 5.41 Å². The molecule has 0 N–H and O–H groups in total. The molecule has 1 fully saturated rings. The van der Waals surface area contributed by atoms with Gasteiger partial charge in [-0.3, -0.25) is 4.79 Å². The third kappa shape index (κ3) is 4.34. The van der Waals surface area contributed by atoms with Gasteiger partial charge in [-0.05, 0) is 43.2 Å². The van der Waals surface area contributed by atoms with Gasteiger partial charge in [-0.2, -0.15) is 18.2 Å². The molecule has 1 aliphatic carbocycles. The van der Waals surface area contributed by atoms with Gasteiger partial charge in [-0.25, -0.2) is 0 Å². The number of carbonyl (C=O) groups is 1. The molecule has 1 heterocycles. The van der Waals surface area contributed by atoms with Crippen molar-refractivity contribution in [3.8, 4) is 0 Å². The van der Waals surface area contributed by atoms with Crippen LogP contribution in [0.2, 0.25) is 0 Å². The number of thiazole rings is 1. The zero-order valence-electron chi connectivity index (χ0n) is 15.9. The van der Waals surface area contributed by atoms with Crippen LogP contribution < -0.4 is 4.80 Å². The standard InChI is InChI=1S/C20H23F3N2OS/c1-12-16(19(2,3)4)27-18(25(12)11-13-9-10-13)24-17(26)14-7-5-6-8-15(14)20(21,22)23/h5-8,13H,9-11H2,1-4H3/b24-18-. The number of alkyl halides is 3. The van der Waals surface area contributed by atoms with Gasteiger partial charge in [-0.1, -0.05) is 32.9 Å². The van der Waals surface area contributed by atoms with E-state index in [1.807, 2.05) is 11.5 Å². The van der Waals surface area contributed by atoms with Crippen molar-refractivity contribution in [2.24, 2.45) is 10.9 Å². The summed E-state index contributed by atoms with van der Waals surface area (Å²) in [5.41, 5.74) is -0.445. The summed E-state index contributed by atoms with van der Waals surface area (Å²) >= 11 is 1.39. The third-order valence-electron chi connectivity index (χ3n) is 4.64. The van der Waals surface area contributed by atoms with Gasteiger partial charge < -0.3 is 4.57 Å². The lowest BCUT2D eigenvalue weighted by atomic mass is 9.93. The van der Waals surface area contributed by atoms with E-state index in [0.717, 1.165) is 36.0 Å². The minimum atomic E-state index is -4.59. The maximum Gasteiger partial charge on any atom is 0.417 e. The van der Waals surface area contributed by atoms with E-state index < -0.39 is 23.2 Å². The van der Waals surface area contributed by atoms with Crippen LogP contribution in [0.3, 0.4) is 0 Å². The number of carbonyl (C=O) groups excluding carboxylic acids is 1. The molecule has 1 amide bonds. The van der Waals surface area contributed by atoms with Crippen LogP contribution in [0, 0.1) is 12.8 Å². The first-order valence-electron chi connectivity index (χ1n) is 8.94. The molecule has 1 saturated carbocycles. The Balaban J connectivity index is 2.11. The van der Waals surface area contributed by atoms with E-state index in [4.69, 9.17) is 0 Å². The number of nitrogens with zero attached hydrogens (tertiary/aromatic N) is 2. The number of hydrogen-bond donors (Lipinski definition) is 0. The Kier molecular flexibility index (Phi) is 5.10. The van der Waals surface area contributed by atoms with Crippen LogP contribution in [0.5, 0.6) is 0 Å². The summed E-state index contributed by atoms with van der Waals surface area (Å²) in [4.78, 5) is 18.3. The normalized spacial score (nSPS) is 16.0. The Morgan fingerprint density at radius 2 is 1.85 bits per heavy atom. The lowest BCUT2D eigenvalue weighted by molar-refractivity contribution is -0.137. The van der Waals surface area contributed by atoms with Crippen molar-refractivity contribution in [3.05, 3.63) is 50.8 Å². The lowest BCUT2D eigenvalue weighted by Gasteiger charge is -2.17. The molecule has 3 nitrogen and oxygen atoms in total. The van der Waals surface area contributed by atoms with Crippen LogP contribution in [0.15, 0.2) is 29.3 Å². The average Bonchev–Trinajstić information content (AvgIpc) is 3.32. The molecule has 3 rings (SSSR count). The van der Waals surface area contributed by atoms with Crippen molar-refractivity contribution in [1.82, 2.24) is 4.57 Å². The highest BCUT2D eigenvalue weighted by Gasteiger charge is 2.35. The van der Waals surface area contributed by atoms with Crippen LogP contribution in [0.25, 0.3) is 0 Å². The first-order chi connectivity index (χ1) is 12.5. The second kappa shape index (κ2) is 6.93. The SMILES string of the molecule is Cc1c(C(C)(C)C)s/c(=N\C(=O)c2ccccc2C(F)(F)F)n1CC1CC1. The molecule has 7 heteroatoms. The Morgan fingerprint density at radius 1 is 1.22 bits per heavy atom. The summed E-state index contributed by atoms with van der Waals surface area (Å²) in [6, 6.07) is 4.81. The van der Waals surface area contributed by atoms with E-state index in [0.29, 0.717) is 10.7 Å². The fourth-order valence-corrected chi connectivity index (χ4v) is 4.30. The second-order valence-electron chi connectivity index (χ2n) is 8.06. The Labute approximate surface area is 160 Å². The van der Waals surface area contributed by atoms with E-state index >= 15 is 0 Å². The van der Waals surface area contributed by atoms with Crippen molar-refractivity contribution < 1.29 is 18.0 Å². The third-order valence-corrected chi connectivity index (χ3v) is 6.24. The zero-order valence-corrected chi connectivity index (χ0v) is 16.7. The molecule has 27 heavy (non-hydrogen) atoms. The number of amides is 1. The fourth-order valence-electron chi connectivity index (χ4n) is 3.10. The molecule has 2 aromatic rings. The van der Waals surface area contributed by atoms with Gasteiger partial charge in [0.15, 0.2) is 4.80 Å². The predicted octanol–water partition coefficient (Wildman–Crippen LogP) is 5.33. The van der Waals surface area contributed by atoms with Crippen LogP contribution in [0.4, 0.5) is 13.2 Å². The van der Waals surface area contributed by atoms with Gasteiger partial charge >= 0.3 is 6.18 Å². The first-order valence-corrected chi connectivity index (χ1v) is 9.76. The maximum atomic E-state index is 13.2. The van der Waals surface area contributed by atoms with E-state index in [2.05, 4.69) is 25.8 Å². The van der Waals surface area contributed by atoms with Crippen molar-refractivity contribution in [2.45, 2.75) is 58.7 Å². The van der Waals surface area contributed by atoms with Crippen molar-refractivity contribution in [3.63, 3.8) is 0 Å². The van der Waals surface area contributed by atoms with E-state index in [1.165, 1.54) is 29.5 Å². The number of rotatable bonds is 3. The van der Waals surface area contributed by atoms with E-state index in [9.17, 15) is 18.0 Å². The van der Waals surface area contributed by atoms with Crippen LogP contribution in [0.1, 0.15) is 60.1 Å². The van der Waals surface area contributed by atoms with Crippen LogP contribution in [-0.4, -0.2) is 10.5 Å². The highest BCUT2D eigenvalue weighted by molar-refractivity contribution is 7.09. The number of halogens is 3. The summed E-state index contributed by atoms with van der Waals surface area (Å²) in [5, 5.41) is 0. The number of benzene rings is 1. The summed E-state index contributed by atoms with van der Waals surface area (Å²) in [5.74, 6) is -0.295. The summed E-state index contributed by atoms with van der Waals surface area (Å²) in [6.45, 7) is 8.99. The number of aromatic nitrogens is 1. The van der Waals surface area contributed by atoms with Gasteiger partial charge in [-0.15, -0.1) is 11.3 Å². The first kappa shape index (κ1) is 19.9. The smallest absolute Gasteiger partial charge is 0.320 e. The quantitative estimate of drug-likeness (QED) is 0.691. The maximum absolute atomic E-state index is 13.2. The molecule has 0 saturated heterocycles. The van der Waals surface area contributed by atoms with Gasteiger partial charge in [0, 0.05) is 17.1 Å². The molecule has 0 spiro atoms. The molecular formula is C20H23F3N2OS. The Bertz CT molecular complexity index is 928. The summed E-state index contributed by atoms with van der Waals surface area (Å²) in [6.07, 6.45) is -2.32. The predicted molar refractivity (Wildman–Crippen MR) is 99.8 cm³/mol. The summed E-state index contributed by atoms with van der Waals surface area (Å²) < 4.78 is 41.7. The second-order valence-corrected chi connectivity index (χ2v) is 9.04. The molecule has 0 aliphatic heterocycles. The lowest BCUT2D eigenvalue weighted by Crippen LogP contribution is -2.20. The zero-order chi connectivity index (χ0) is 20.0. The minimum absolute atomic E-state index is 0.124. The van der Waals surface area contributed by atoms with Crippen molar-refractivity contribution in [1.29, 1.82) is 0 Å². The Morgan fingerprint density at radius 3 is 2.41 bits per heavy atom. The molecule has 1 aromatic carbocycles. The highest BCUT2D eigenvalue weighted by atomic mass is 32.1. The van der Waals surface area contributed by atoms with Crippen LogP contribution in [-0.2, 0) is 18.1 Å². The molecular weight excluding hydrogens is 373 g/mol. The average molecular weight is 396 g/mol. The molecule has 0 radical (unpaired) electrons. The minimum Gasteiger partial charge on any atom is -0.320 e. The molecule has 0 unspecified atom stereocenters. The molecule has 1 aromatic heterocycles. The van der Waals surface area contributed by atoms with Crippen LogP contribution >= 0.6 is 11.3 Å². The molecule has 0 bridgehead atoms. The molecule has 1 aliphatic rings. The van der Waals surface area contributed by atoms with E-state index in [1.54, 1.807) is 0 Å². The van der Waals surface area contributed by atoms with Gasteiger partial charge in [0.2, 0.25) is 0 Å². The largest absolute Gasteiger partial charge is 0.417 e. The van der Waals surface area contributed by atoms with Gasteiger partial charge in [0.1, 0.15) is 0 Å². The molecule has 0 atom stereocenters. The fraction of sp³-hybridized carbons (Fsp3) is 0.500.